The summed E-state index contributed by atoms with van der Waals surface area (Å²) in [6.45, 7) is 1.52. The quantitative estimate of drug-likeness (QED) is 0.511. The number of esters is 1. The summed E-state index contributed by atoms with van der Waals surface area (Å²) in [6, 6.07) is 3.20. The van der Waals surface area contributed by atoms with Crippen molar-refractivity contribution in [1.29, 1.82) is 5.26 Å². The van der Waals surface area contributed by atoms with Gasteiger partial charge in [-0.3, -0.25) is 10.1 Å². The van der Waals surface area contributed by atoms with E-state index in [4.69, 9.17) is 15.2 Å². The van der Waals surface area contributed by atoms with E-state index in [1.165, 1.54) is 25.5 Å². The number of nitrogens with two attached hydrogens (primary N) is 1. The third kappa shape index (κ3) is 2.51. The molecule has 1 unspecified atom stereocenters. The molecular formula is C13H11N3O5S. The van der Waals surface area contributed by atoms with Gasteiger partial charge in [-0.1, -0.05) is 0 Å². The molecule has 8 nitrogen and oxygen atoms in total. The number of nitro groups is 1. The van der Waals surface area contributed by atoms with Crippen LogP contribution in [0.1, 0.15) is 17.7 Å². The fourth-order valence-corrected chi connectivity index (χ4v) is 3.10. The van der Waals surface area contributed by atoms with Gasteiger partial charge in [-0.2, -0.15) is 5.26 Å². The zero-order valence-corrected chi connectivity index (χ0v) is 12.5. The number of allylic oxidation sites excluding steroid dienone is 2. The van der Waals surface area contributed by atoms with Crippen molar-refractivity contribution in [1.82, 2.24) is 0 Å². The summed E-state index contributed by atoms with van der Waals surface area (Å²) in [5, 5.41) is 21.5. The zero-order valence-electron chi connectivity index (χ0n) is 11.7. The van der Waals surface area contributed by atoms with E-state index in [1.807, 2.05) is 6.07 Å². The molecule has 22 heavy (non-hydrogen) atoms. The van der Waals surface area contributed by atoms with Gasteiger partial charge in [0.15, 0.2) is 0 Å². The predicted molar refractivity (Wildman–Crippen MR) is 76.3 cm³/mol. The Morgan fingerprint density at radius 3 is 2.82 bits per heavy atom. The number of ether oxygens (including phenoxy) is 2. The Hall–Kier alpha value is -2.86. The van der Waals surface area contributed by atoms with E-state index in [1.54, 1.807) is 0 Å². The maximum Gasteiger partial charge on any atom is 0.338 e. The largest absolute Gasteiger partial charge is 0.466 e. The van der Waals surface area contributed by atoms with E-state index < -0.39 is 16.8 Å². The minimum atomic E-state index is -0.843. The van der Waals surface area contributed by atoms with E-state index in [-0.39, 0.29) is 28.5 Å². The van der Waals surface area contributed by atoms with E-state index in [2.05, 4.69) is 0 Å². The third-order valence-corrected chi connectivity index (χ3v) is 4.10. The second-order valence-corrected chi connectivity index (χ2v) is 5.29. The van der Waals surface area contributed by atoms with Crippen molar-refractivity contribution in [2.75, 3.05) is 7.11 Å². The van der Waals surface area contributed by atoms with Crippen LogP contribution >= 0.6 is 11.3 Å². The molecule has 1 aliphatic rings. The number of nitriles is 1. The van der Waals surface area contributed by atoms with E-state index in [0.29, 0.717) is 4.88 Å². The highest BCUT2D eigenvalue weighted by molar-refractivity contribution is 7.10. The molecule has 114 valence electrons. The molecule has 0 aliphatic carbocycles. The molecule has 0 fully saturated rings. The van der Waals surface area contributed by atoms with E-state index in [9.17, 15) is 20.2 Å². The van der Waals surface area contributed by atoms with Crippen molar-refractivity contribution in [2.24, 2.45) is 5.73 Å². The van der Waals surface area contributed by atoms with Gasteiger partial charge < -0.3 is 15.2 Å². The van der Waals surface area contributed by atoms with Crippen LogP contribution in [-0.2, 0) is 14.3 Å². The second kappa shape index (κ2) is 5.87. The van der Waals surface area contributed by atoms with Gasteiger partial charge in [0.1, 0.15) is 17.4 Å². The molecule has 0 aromatic carbocycles. The van der Waals surface area contributed by atoms with Crippen LogP contribution in [0, 0.1) is 21.4 Å². The normalized spacial score (nSPS) is 17.8. The van der Waals surface area contributed by atoms with Gasteiger partial charge in [0.25, 0.3) is 5.69 Å². The van der Waals surface area contributed by atoms with Crippen molar-refractivity contribution >= 4 is 23.0 Å². The Kier molecular flexibility index (Phi) is 4.14. The number of methoxy groups -OCH3 is 1. The van der Waals surface area contributed by atoms with Gasteiger partial charge >= 0.3 is 5.97 Å². The fourth-order valence-electron chi connectivity index (χ4n) is 2.13. The van der Waals surface area contributed by atoms with Gasteiger partial charge in [0.05, 0.1) is 28.9 Å². The zero-order chi connectivity index (χ0) is 16.4. The Morgan fingerprint density at radius 2 is 2.32 bits per heavy atom. The Morgan fingerprint density at radius 1 is 1.64 bits per heavy atom. The lowest BCUT2D eigenvalue weighted by atomic mass is 9.87. The monoisotopic (exact) mass is 321 g/mol. The summed E-state index contributed by atoms with van der Waals surface area (Å²) < 4.78 is 9.93. The van der Waals surface area contributed by atoms with Gasteiger partial charge in [0, 0.05) is 10.9 Å². The summed E-state index contributed by atoms with van der Waals surface area (Å²) in [6.07, 6.45) is 0. The molecule has 0 bridgehead atoms. The van der Waals surface area contributed by atoms with Crippen LogP contribution in [0.5, 0.6) is 0 Å². The molecule has 0 spiro atoms. The third-order valence-electron chi connectivity index (χ3n) is 3.11. The molecule has 1 aliphatic heterocycles. The number of carbonyl (C=O) groups is 1. The second-order valence-electron chi connectivity index (χ2n) is 4.35. The van der Waals surface area contributed by atoms with Crippen molar-refractivity contribution in [3.63, 3.8) is 0 Å². The van der Waals surface area contributed by atoms with Crippen LogP contribution in [-0.4, -0.2) is 18.0 Å². The fraction of sp³-hybridized carbons (Fsp3) is 0.231. The molecule has 1 atom stereocenters. The lowest BCUT2D eigenvalue weighted by Gasteiger charge is -2.25. The van der Waals surface area contributed by atoms with E-state index >= 15 is 0 Å². The van der Waals surface area contributed by atoms with Crippen LogP contribution in [0.2, 0.25) is 0 Å². The maximum atomic E-state index is 12.0. The van der Waals surface area contributed by atoms with Crippen molar-refractivity contribution in [2.45, 2.75) is 12.8 Å². The summed E-state index contributed by atoms with van der Waals surface area (Å²) >= 11 is 1.06. The molecule has 0 saturated heterocycles. The van der Waals surface area contributed by atoms with Crippen LogP contribution < -0.4 is 5.73 Å². The van der Waals surface area contributed by atoms with Gasteiger partial charge in [-0.15, -0.1) is 11.3 Å². The van der Waals surface area contributed by atoms with Gasteiger partial charge in [-0.05, 0) is 6.92 Å². The lowest BCUT2D eigenvalue weighted by molar-refractivity contribution is -0.384. The SMILES string of the molecule is COC(=O)C1=C(C)OC(N)=C(C#N)C1c1cc([N+](=O)[O-])cs1. The first-order valence-electron chi connectivity index (χ1n) is 6.00. The molecule has 1 aromatic rings. The lowest BCUT2D eigenvalue weighted by Crippen LogP contribution is -2.24. The van der Waals surface area contributed by atoms with Crippen LogP contribution in [0.3, 0.4) is 0 Å². The summed E-state index contributed by atoms with van der Waals surface area (Å²) in [5.41, 5.74) is 5.69. The van der Waals surface area contributed by atoms with Crippen molar-refractivity contribution < 1.29 is 19.2 Å². The summed E-state index contributed by atoms with van der Waals surface area (Å²) in [7, 11) is 1.20. The molecule has 0 saturated carbocycles. The molecule has 2 N–H and O–H groups in total. The smallest absolute Gasteiger partial charge is 0.338 e. The molecule has 2 heterocycles. The molecule has 1 aromatic heterocycles. The van der Waals surface area contributed by atoms with Crippen LogP contribution in [0.25, 0.3) is 0 Å². The van der Waals surface area contributed by atoms with Crippen molar-refractivity contribution in [3.05, 3.63) is 49.2 Å². The maximum absolute atomic E-state index is 12.0. The topological polar surface area (TPSA) is 128 Å². The highest BCUT2D eigenvalue weighted by Gasteiger charge is 2.37. The highest BCUT2D eigenvalue weighted by Crippen LogP contribution is 2.42. The van der Waals surface area contributed by atoms with Crippen LogP contribution in [0.15, 0.2) is 34.2 Å². The number of nitrogens with zero attached hydrogens (tertiary/aromatic N) is 2. The predicted octanol–water partition coefficient (Wildman–Crippen LogP) is 1.91. The Labute approximate surface area is 129 Å². The summed E-state index contributed by atoms with van der Waals surface area (Å²) in [4.78, 5) is 22.7. The Balaban J connectivity index is 2.62. The number of hydrogen-bond acceptors (Lipinski definition) is 8. The molecule has 2 rings (SSSR count). The van der Waals surface area contributed by atoms with Crippen LogP contribution in [0.4, 0.5) is 5.69 Å². The minimum Gasteiger partial charge on any atom is -0.466 e. The number of carbonyl (C=O) groups excluding carboxylic acids is 1. The van der Waals surface area contributed by atoms with Gasteiger partial charge in [0.2, 0.25) is 5.88 Å². The molecule has 9 heteroatoms. The first-order chi connectivity index (χ1) is 10.4. The van der Waals surface area contributed by atoms with Gasteiger partial charge in [-0.25, -0.2) is 4.79 Å². The standard InChI is InChI=1S/C13H11N3O5S/c1-6-10(13(17)20-2)11(8(4-14)12(15)21-6)9-3-7(5-22-9)16(18)19/h3,5,11H,15H2,1-2H3. The average Bonchev–Trinajstić information content (AvgIpc) is 2.95. The molecular weight excluding hydrogens is 310 g/mol. The number of rotatable bonds is 3. The minimum absolute atomic E-state index is 0.0164. The summed E-state index contributed by atoms with van der Waals surface area (Å²) in [5.74, 6) is -1.46. The molecule has 0 radical (unpaired) electrons. The molecule has 0 amide bonds. The first kappa shape index (κ1) is 15.5. The first-order valence-corrected chi connectivity index (χ1v) is 6.88. The number of hydrogen-bond donors (Lipinski definition) is 1. The number of thiophene rings is 1. The van der Waals surface area contributed by atoms with Crippen molar-refractivity contribution in [3.8, 4) is 6.07 Å². The highest BCUT2D eigenvalue weighted by atomic mass is 32.1. The average molecular weight is 321 g/mol. The van der Waals surface area contributed by atoms with E-state index in [0.717, 1.165) is 11.3 Å². The Bertz CT molecular complexity index is 756.